The second-order valence-electron chi connectivity index (χ2n) is 17.5. The van der Waals surface area contributed by atoms with E-state index in [9.17, 15) is 0 Å². The molecule has 8 aromatic carbocycles. The number of ether oxygens (including phenoxy) is 1. The number of benzene rings is 8. The van der Waals surface area contributed by atoms with Gasteiger partial charge in [0.25, 0.3) is 0 Å². The zero-order chi connectivity index (χ0) is 43.3. The molecule has 0 fully saturated rings. The summed E-state index contributed by atoms with van der Waals surface area (Å²) in [7, 11) is 0. The van der Waals surface area contributed by atoms with Crippen molar-refractivity contribution < 1.29 is 4.74 Å². The van der Waals surface area contributed by atoms with Gasteiger partial charge in [0.05, 0.1) is 16.8 Å². The third kappa shape index (κ3) is 5.44. The average molecular weight is 834 g/mol. The van der Waals surface area contributed by atoms with Crippen molar-refractivity contribution in [3.63, 3.8) is 0 Å². The maximum Gasteiger partial charge on any atom is 0.164 e. The van der Waals surface area contributed by atoms with Crippen LogP contribution in [0.25, 0.3) is 79.1 Å². The van der Waals surface area contributed by atoms with Crippen LogP contribution < -0.4 is 4.74 Å². The van der Waals surface area contributed by atoms with Gasteiger partial charge >= 0.3 is 0 Å². The quantitative estimate of drug-likeness (QED) is 0.172. The van der Waals surface area contributed by atoms with Crippen LogP contribution in [0.5, 0.6) is 11.5 Å². The lowest BCUT2D eigenvalue weighted by Crippen LogP contribution is -2.32. The minimum Gasteiger partial charge on any atom is -0.457 e. The Balaban J connectivity index is 1.13. The highest BCUT2D eigenvalue weighted by Gasteiger charge is 2.53. The van der Waals surface area contributed by atoms with Crippen LogP contribution in [0.3, 0.4) is 0 Å². The van der Waals surface area contributed by atoms with E-state index in [2.05, 4.69) is 147 Å². The summed E-state index contributed by atoms with van der Waals surface area (Å²) in [6.07, 6.45) is 0. The zero-order valence-corrected chi connectivity index (χ0v) is 35.7. The monoisotopic (exact) mass is 833 g/mol. The van der Waals surface area contributed by atoms with Gasteiger partial charge in [-0.05, 0) is 51.6 Å². The van der Waals surface area contributed by atoms with Gasteiger partial charge in [0, 0.05) is 49.9 Å². The molecule has 2 aromatic heterocycles. The van der Waals surface area contributed by atoms with E-state index in [1.165, 1.54) is 5.56 Å². The molecule has 1 spiro atoms. The van der Waals surface area contributed by atoms with Crippen molar-refractivity contribution in [2.24, 2.45) is 0 Å². The highest BCUT2D eigenvalue weighted by atomic mass is 16.5. The maximum atomic E-state index is 6.82. The van der Waals surface area contributed by atoms with Gasteiger partial charge in [-0.3, -0.25) is 0 Å². The molecule has 0 atom stereocenters. The summed E-state index contributed by atoms with van der Waals surface area (Å²) in [6.45, 7) is 4.58. The number of para-hydroxylation sites is 2. The van der Waals surface area contributed by atoms with Gasteiger partial charge in [-0.1, -0.05) is 196 Å². The molecule has 1 aliphatic heterocycles. The van der Waals surface area contributed by atoms with Crippen molar-refractivity contribution in [1.82, 2.24) is 24.9 Å². The Bertz CT molecular complexity index is 3450. The second-order valence-corrected chi connectivity index (χ2v) is 17.5. The molecule has 6 nitrogen and oxygen atoms in total. The summed E-state index contributed by atoms with van der Waals surface area (Å²) in [4.78, 5) is 26.4. The summed E-state index contributed by atoms with van der Waals surface area (Å²) in [5.74, 6) is 4.20. The number of hydrogen-bond acceptors (Lipinski definition) is 6. The number of fused-ring (bicyclic) bond motifs is 12. The van der Waals surface area contributed by atoms with Crippen LogP contribution in [0.1, 0.15) is 47.4 Å². The summed E-state index contributed by atoms with van der Waals surface area (Å²) < 4.78 is 6.82. The first kappa shape index (κ1) is 37.2. The van der Waals surface area contributed by atoms with Gasteiger partial charge in [-0.2, -0.15) is 0 Å². The molecule has 0 N–H and O–H groups in total. The molecular formula is C59H39N5O. The standard InChI is InChI=1S/C59H39N5O/c1-58(2)44-28-13-12-25-41(44)50-52(60-54(61-53(50)58)36-19-6-3-7-20-36)42-27-18-26-40-43-35-39(57-63-55(37-21-8-4-9-22-37)62-56(64-57)38-23-10-5-11-24-38)33-34-45(43)59(51(40)42)46-29-14-16-31-48(46)65-49-32-17-15-30-47(49)59/h3-35H,1-2H3. The Hall–Kier alpha value is -8.35. The highest BCUT2D eigenvalue weighted by Crippen LogP contribution is 2.65. The number of nitrogens with zero attached hydrogens (tertiary/aromatic N) is 5. The van der Waals surface area contributed by atoms with Crippen LogP contribution in [0.2, 0.25) is 0 Å². The first-order valence-electron chi connectivity index (χ1n) is 22.1. The molecular weight excluding hydrogens is 795 g/mol. The van der Waals surface area contributed by atoms with Crippen molar-refractivity contribution in [2.75, 3.05) is 0 Å². The molecule has 65 heavy (non-hydrogen) atoms. The summed E-state index contributed by atoms with van der Waals surface area (Å²) >= 11 is 0. The Labute approximate surface area is 377 Å². The van der Waals surface area contributed by atoms with Crippen LogP contribution in [-0.2, 0) is 10.8 Å². The van der Waals surface area contributed by atoms with Gasteiger partial charge < -0.3 is 4.74 Å². The third-order valence-corrected chi connectivity index (χ3v) is 13.6. The fourth-order valence-electron chi connectivity index (χ4n) is 10.7. The molecule has 0 unspecified atom stereocenters. The summed E-state index contributed by atoms with van der Waals surface area (Å²) in [6, 6.07) is 69.9. The van der Waals surface area contributed by atoms with Crippen LogP contribution in [0, 0.1) is 0 Å². The summed E-state index contributed by atoms with van der Waals surface area (Å²) in [5, 5.41) is 0. The Morgan fingerprint density at radius 2 is 0.831 bits per heavy atom. The maximum absolute atomic E-state index is 6.82. The van der Waals surface area contributed by atoms with Gasteiger partial charge in [0.2, 0.25) is 0 Å². The van der Waals surface area contributed by atoms with Gasteiger partial charge in [0.15, 0.2) is 23.3 Å². The SMILES string of the molecule is CC1(C)c2ccccc2-c2c(-c3cccc4c3C3(c5ccccc5Oc5ccccc53)c3ccc(-c5nc(-c6ccccc6)nc(-c6ccccc6)n5)cc3-4)nc(-c3ccccc3)nc21. The molecule has 2 aliphatic carbocycles. The molecule has 3 heterocycles. The molecule has 6 heteroatoms. The molecule has 0 saturated heterocycles. The first-order valence-corrected chi connectivity index (χ1v) is 22.1. The van der Waals surface area contributed by atoms with E-state index < -0.39 is 5.41 Å². The predicted molar refractivity (Wildman–Crippen MR) is 258 cm³/mol. The van der Waals surface area contributed by atoms with Gasteiger partial charge in [0.1, 0.15) is 11.5 Å². The van der Waals surface area contributed by atoms with E-state index >= 15 is 0 Å². The molecule has 13 rings (SSSR count). The molecule has 0 saturated carbocycles. The third-order valence-electron chi connectivity index (χ3n) is 13.6. The molecule has 0 bridgehead atoms. The number of rotatable bonds is 5. The van der Waals surface area contributed by atoms with Crippen molar-refractivity contribution in [3.8, 4) is 90.6 Å². The van der Waals surface area contributed by atoms with E-state index in [1.54, 1.807) is 0 Å². The molecule has 10 aromatic rings. The predicted octanol–water partition coefficient (Wildman–Crippen LogP) is 13.8. The van der Waals surface area contributed by atoms with E-state index in [-0.39, 0.29) is 5.41 Å². The van der Waals surface area contributed by atoms with Gasteiger partial charge in [-0.15, -0.1) is 0 Å². The Morgan fingerprint density at radius 3 is 1.43 bits per heavy atom. The topological polar surface area (TPSA) is 73.7 Å². The van der Waals surface area contributed by atoms with Crippen molar-refractivity contribution in [1.29, 1.82) is 0 Å². The lowest BCUT2D eigenvalue weighted by Gasteiger charge is -2.40. The minimum atomic E-state index is -0.785. The fraction of sp³-hybridized carbons (Fsp3) is 0.0678. The average Bonchev–Trinajstić information content (AvgIpc) is 3.79. The highest BCUT2D eigenvalue weighted by molar-refractivity contribution is 5.99. The zero-order valence-electron chi connectivity index (χ0n) is 35.7. The number of hydrogen-bond donors (Lipinski definition) is 0. The molecule has 3 aliphatic rings. The Morgan fingerprint density at radius 1 is 0.354 bits per heavy atom. The van der Waals surface area contributed by atoms with Crippen molar-refractivity contribution in [2.45, 2.75) is 24.7 Å². The van der Waals surface area contributed by atoms with Crippen LogP contribution in [0.4, 0.5) is 0 Å². The second kappa shape index (κ2) is 14.1. The summed E-state index contributed by atoms with van der Waals surface area (Å²) in [5.41, 5.74) is 15.7. The largest absolute Gasteiger partial charge is 0.457 e. The molecule has 306 valence electrons. The first-order chi connectivity index (χ1) is 32.0. The van der Waals surface area contributed by atoms with Crippen LogP contribution in [-0.4, -0.2) is 24.9 Å². The van der Waals surface area contributed by atoms with E-state index in [0.29, 0.717) is 23.3 Å². The van der Waals surface area contributed by atoms with E-state index in [1.807, 2.05) is 66.7 Å². The van der Waals surface area contributed by atoms with E-state index in [0.717, 1.165) is 95.2 Å². The lowest BCUT2D eigenvalue weighted by molar-refractivity contribution is 0.436. The normalized spacial score (nSPS) is 14.1. The van der Waals surface area contributed by atoms with E-state index in [4.69, 9.17) is 29.7 Å². The Kier molecular flexibility index (Phi) is 8.06. The van der Waals surface area contributed by atoms with Crippen LogP contribution in [0.15, 0.2) is 200 Å². The number of aromatic nitrogens is 5. The molecule has 0 amide bonds. The van der Waals surface area contributed by atoms with Crippen molar-refractivity contribution in [3.05, 3.63) is 234 Å². The molecule has 0 radical (unpaired) electrons. The lowest BCUT2D eigenvalue weighted by atomic mass is 9.64. The van der Waals surface area contributed by atoms with Crippen LogP contribution >= 0.6 is 0 Å². The van der Waals surface area contributed by atoms with Crippen molar-refractivity contribution >= 4 is 0 Å². The minimum absolute atomic E-state index is 0.361. The smallest absolute Gasteiger partial charge is 0.164 e. The fourth-order valence-corrected chi connectivity index (χ4v) is 10.7. The van der Waals surface area contributed by atoms with Gasteiger partial charge in [-0.25, -0.2) is 24.9 Å².